The standard InChI is InChI=1S/C15H19N3OS/c1-4-13-15(16-6-1)18(11-5-8-20-10-11)14(17-13)9-12-3-2-7-19-12/h1,4,6,11-12H,2-3,5,7-10H2. The number of nitrogens with zero attached hydrogens (tertiary/aromatic N) is 3. The van der Waals surface area contributed by atoms with Crippen LogP contribution in [0.2, 0.25) is 0 Å². The van der Waals surface area contributed by atoms with Crippen molar-refractivity contribution in [3.63, 3.8) is 0 Å². The van der Waals surface area contributed by atoms with Crippen LogP contribution in [-0.4, -0.2) is 38.8 Å². The minimum Gasteiger partial charge on any atom is -0.378 e. The minimum atomic E-state index is 0.347. The third-order valence-corrected chi connectivity index (χ3v) is 5.37. The molecule has 2 aromatic rings. The molecule has 4 nitrogen and oxygen atoms in total. The molecule has 0 radical (unpaired) electrons. The lowest BCUT2D eigenvalue weighted by molar-refractivity contribution is 0.109. The number of aromatic nitrogens is 3. The van der Waals surface area contributed by atoms with Crippen molar-refractivity contribution in [2.75, 3.05) is 18.1 Å². The van der Waals surface area contributed by atoms with Crippen molar-refractivity contribution in [2.24, 2.45) is 0 Å². The molecule has 0 bridgehead atoms. The molecule has 2 saturated heterocycles. The van der Waals surface area contributed by atoms with Gasteiger partial charge in [-0.25, -0.2) is 9.97 Å². The van der Waals surface area contributed by atoms with E-state index in [1.807, 2.05) is 24.0 Å². The van der Waals surface area contributed by atoms with Gasteiger partial charge in [0.05, 0.1) is 6.10 Å². The van der Waals surface area contributed by atoms with Crippen LogP contribution < -0.4 is 0 Å². The second-order valence-corrected chi connectivity index (χ2v) is 6.75. The van der Waals surface area contributed by atoms with Crippen molar-refractivity contribution in [3.8, 4) is 0 Å². The molecule has 20 heavy (non-hydrogen) atoms. The van der Waals surface area contributed by atoms with Gasteiger partial charge in [0.1, 0.15) is 11.3 Å². The molecule has 2 atom stereocenters. The number of ether oxygens (including phenoxy) is 1. The molecule has 2 unspecified atom stereocenters. The zero-order valence-corrected chi connectivity index (χ0v) is 12.3. The van der Waals surface area contributed by atoms with Crippen molar-refractivity contribution in [2.45, 2.75) is 37.8 Å². The van der Waals surface area contributed by atoms with Gasteiger partial charge in [0.2, 0.25) is 0 Å². The van der Waals surface area contributed by atoms with Crippen LogP contribution in [0.3, 0.4) is 0 Å². The quantitative estimate of drug-likeness (QED) is 0.871. The zero-order valence-electron chi connectivity index (χ0n) is 11.5. The molecular weight excluding hydrogens is 270 g/mol. The van der Waals surface area contributed by atoms with Crippen LogP contribution in [0, 0.1) is 0 Å². The highest BCUT2D eigenvalue weighted by Gasteiger charge is 2.26. The number of thioether (sulfide) groups is 1. The Labute approximate surface area is 122 Å². The first kappa shape index (κ1) is 12.7. The van der Waals surface area contributed by atoms with Gasteiger partial charge in [0.25, 0.3) is 0 Å². The van der Waals surface area contributed by atoms with Crippen molar-refractivity contribution in [1.29, 1.82) is 0 Å². The summed E-state index contributed by atoms with van der Waals surface area (Å²) in [5, 5.41) is 0. The highest BCUT2D eigenvalue weighted by atomic mass is 32.2. The van der Waals surface area contributed by atoms with Crippen LogP contribution in [0.5, 0.6) is 0 Å². The van der Waals surface area contributed by atoms with Gasteiger partial charge in [-0.3, -0.25) is 0 Å². The van der Waals surface area contributed by atoms with Crippen LogP contribution in [0.25, 0.3) is 11.2 Å². The summed E-state index contributed by atoms with van der Waals surface area (Å²) in [5.74, 6) is 3.59. The number of hydrogen-bond donors (Lipinski definition) is 0. The van der Waals surface area contributed by atoms with Crippen molar-refractivity contribution >= 4 is 22.9 Å². The molecule has 0 spiro atoms. The topological polar surface area (TPSA) is 39.9 Å². The summed E-state index contributed by atoms with van der Waals surface area (Å²) in [6.45, 7) is 0.905. The largest absolute Gasteiger partial charge is 0.378 e. The van der Waals surface area contributed by atoms with E-state index in [2.05, 4.69) is 15.6 Å². The van der Waals surface area contributed by atoms with Gasteiger partial charge in [-0.2, -0.15) is 11.8 Å². The molecule has 2 aliphatic rings. The lowest BCUT2D eigenvalue weighted by Crippen LogP contribution is -2.17. The maximum Gasteiger partial charge on any atom is 0.160 e. The van der Waals surface area contributed by atoms with Gasteiger partial charge in [-0.05, 0) is 37.1 Å². The van der Waals surface area contributed by atoms with Gasteiger partial charge in [-0.1, -0.05) is 0 Å². The lowest BCUT2D eigenvalue weighted by atomic mass is 10.1. The summed E-state index contributed by atoms with van der Waals surface area (Å²) in [7, 11) is 0. The Morgan fingerprint density at radius 1 is 1.40 bits per heavy atom. The average molecular weight is 289 g/mol. The van der Waals surface area contributed by atoms with E-state index in [1.165, 1.54) is 24.3 Å². The summed E-state index contributed by atoms with van der Waals surface area (Å²) in [5.41, 5.74) is 2.07. The zero-order chi connectivity index (χ0) is 13.4. The first-order valence-electron chi connectivity index (χ1n) is 7.43. The van der Waals surface area contributed by atoms with Gasteiger partial charge < -0.3 is 9.30 Å². The predicted molar refractivity (Wildman–Crippen MR) is 81.2 cm³/mol. The molecule has 0 aliphatic carbocycles. The number of pyridine rings is 1. The first-order chi connectivity index (χ1) is 9.92. The highest BCUT2D eigenvalue weighted by Crippen LogP contribution is 2.32. The van der Waals surface area contributed by atoms with E-state index in [0.29, 0.717) is 12.1 Å². The number of imidazole rings is 1. The molecule has 0 aromatic carbocycles. The van der Waals surface area contributed by atoms with Crippen molar-refractivity contribution < 1.29 is 4.74 Å². The van der Waals surface area contributed by atoms with Crippen LogP contribution >= 0.6 is 11.8 Å². The fraction of sp³-hybridized carbons (Fsp3) is 0.600. The van der Waals surface area contributed by atoms with Gasteiger partial charge >= 0.3 is 0 Å². The van der Waals surface area contributed by atoms with E-state index < -0.39 is 0 Å². The Morgan fingerprint density at radius 2 is 2.40 bits per heavy atom. The molecule has 0 saturated carbocycles. The maximum absolute atomic E-state index is 5.79. The SMILES string of the molecule is c1cnc2c(c1)nc(CC1CCCO1)n2C1CCSC1. The van der Waals surface area contributed by atoms with Crippen LogP contribution in [0.4, 0.5) is 0 Å². The van der Waals surface area contributed by atoms with E-state index in [-0.39, 0.29) is 0 Å². The number of hydrogen-bond acceptors (Lipinski definition) is 4. The first-order valence-corrected chi connectivity index (χ1v) is 8.58. The second-order valence-electron chi connectivity index (χ2n) is 5.60. The fourth-order valence-corrected chi connectivity index (χ4v) is 4.43. The third kappa shape index (κ3) is 2.23. The molecule has 4 heterocycles. The Kier molecular flexibility index (Phi) is 3.40. The summed E-state index contributed by atoms with van der Waals surface area (Å²) in [4.78, 5) is 9.40. The Balaban J connectivity index is 1.74. The summed E-state index contributed by atoms with van der Waals surface area (Å²) in [6.07, 6.45) is 6.72. The van der Waals surface area contributed by atoms with E-state index >= 15 is 0 Å². The molecule has 5 heteroatoms. The van der Waals surface area contributed by atoms with E-state index in [4.69, 9.17) is 9.72 Å². The number of fused-ring (bicyclic) bond motifs is 1. The van der Waals surface area contributed by atoms with Crippen molar-refractivity contribution in [3.05, 3.63) is 24.2 Å². The molecule has 106 valence electrons. The van der Waals surface area contributed by atoms with Gasteiger partial charge in [0.15, 0.2) is 5.65 Å². The number of rotatable bonds is 3. The van der Waals surface area contributed by atoms with Crippen LogP contribution in [0.1, 0.15) is 31.1 Å². The highest BCUT2D eigenvalue weighted by molar-refractivity contribution is 7.99. The fourth-order valence-electron chi connectivity index (χ4n) is 3.24. The molecule has 2 aliphatic heterocycles. The molecule has 4 rings (SSSR count). The Morgan fingerprint density at radius 3 is 3.20 bits per heavy atom. The van der Waals surface area contributed by atoms with Crippen molar-refractivity contribution in [1.82, 2.24) is 14.5 Å². The third-order valence-electron chi connectivity index (χ3n) is 4.23. The van der Waals surface area contributed by atoms with Crippen LogP contribution in [-0.2, 0) is 11.2 Å². The normalized spacial score (nSPS) is 26.6. The van der Waals surface area contributed by atoms with E-state index in [0.717, 1.165) is 36.4 Å². The Bertz CT molecular complexity index is 600. The second kappa shape index (κ2) is 5.37. The molecule has 2 aromatic heterocycles. The molecule has 0 N–H and O–H groups in total. The monoisotopic (exact) mass is 289 g/mol. The predicted octanol–water partition coefficient (Wildman–Crippen LogP) is 2.83. The summed E-state index contributed by atoms with van der Waals surface area (Å²) >= 11 is 2.03. The molecule has 0 amide bonds. The van der Waals surface area contributed by atoms with E-state index in [9.17, 15) is 0 Å². The maximum atomic E-state index is 5.79. The van der Waals surface area contributed by atoms with Gasteiger partial charge in [0, 0.05) is 31.0 Å². The smallest absolute Gasteiger partial charge is 0.160 e. The summed E-state index contributed by atoms with van der Waals surface area (Å²) in [6, 6.07) is 4.59. The molecule has 2 fully saturated rings. The van der Waals surface area contributed by atoms with Gasteiger partial charge in [-0.15, -0.1) is 0 Å². The molecular formula is C15H19N3OS. The Hall–Kier alpha value is -1.07. The van der Waals surface area contributed by atoms with E-state index in [1.54, 1.807) is 0 Å². The summed E-state index contributed by atoms with van der Waals surface area (Å²) < 4.78 is 8.18. The van der Waals surface area contributed by atoms with Crippen LogP contribution in [0.15, 0.2) is 18.3 Å². The average Bonchev–Trinajstić information content (AvgIpc) is 3.18. The lowest BCUT2D eigenvalue weighted by Gasteiger charge is -2.16. The minimum absolute atomic E-state index is 0.347.